The SMILES string of the molecule is CC1CCN(c2nncc(NCCc3ccc(Cl)cc3Cl)n2)CC1. The minimum atomic E-state index is 0.650. The quantitative estimate of drug-likeness (QED) is 0.865. The molecule has 128 valence electrons. The van der Waals surface area contributed by atoms with Crippen molar-refractivity contribution in [2.24, 2.45) is 5.92 Å². The van der Waals surface area contributed by atoms with Gasteiger partial charge in [-0.2, -0.15) is 10.1 Å². The summed E-state index contributed by atoms with van der Waals surface area (Å²) in [6.07, 6.45) is 4.79. The van der Waals surface area contributed by atoms with Gasteiger partial charge in [0.1, 0.15) is 0 Å². The molecule has 1 saturated heterocycles. The molecule has 0 bridgehead atoms. The first kappa shape index (κ1) is 17.2. The summed E-state index contributed by atoms with van der Waals surface area (Å²) in [6.45, 7) is 4.99. The normalized spacial score (nSPS) is 15.5. The van der Waals surface area contributed by atoms with Crippen LogP contribution in [0.4, 0.5) is 11.8 Å². The molecule has 1 aliphatic rings. The molecular weight excluding hydrogens is 345 g/mol. The van der Waals surface area contributed by atoms with Crippen molar-refractivity contribution in [3.63, 3.8) is 0 Å². The maximum Gasteiger partial charge on any atom is 0.247 e. The fourth-order valence-electron chi connectivity index (χ4n) is 2.77. The highest BCUT2D eigenvalue weighted by molar-refractivity contribution is 6.35. The van der Waals surface area contributed by atoms with Gasteiger partial charge >= 0.3 is 0 Å². The smallest absolute Gasteiger partial charge is 0.247 e. The monoisotopic (exact) mass is 365 g/mol. The summed E-state index contributed by atoms with van der Waals surface area (Å²) in [7, 11) is 0. The maximum absolute atomic E-state index is 6.19. The van der Waals surface area contributed by atoms with Crippen LogP contribution in [0.1, 0.15) is 25.3 Å². The number of hydrogen-bond acceptors (Lipinski definition) is 5. The van der Waals surface area contributed by atoms with Gasteiger partial charge in [0.15, 0.2) is 5.82 Å². The average Bonchev–Trinajstić information content (AvgIpc) is 2.58. The van der Waals surface area contributed by atoms with E-state index >= 15 is 0 Å². The predicted molar refractivity (Wildman–Crippen MR) is 99.1 cm³/mol. The van der Waals surface area contributed by atoms with Crippen LogP contribution in [0.2, 0.25) is 10.0 Å². The molecule has 2 aromatic rings. The summed E-state index contributed by atoms with van der Waals surface area (Å²) in [4.78, 5) is 6.78. The molecule has 5 nitrogen and oxygen atoms in total. The highest BCUT2D eigenvalue weighted by atomic mass is 35.5. The van der Waals surface area contributed by atoms with E-state index in [1.807, 2.05) is 12.1 Å². The third kappa shape index (κ3) is 4.48. The predicted octanol–water partition coefficient (Wildman–Crippen LogP) is 4.07. The first-order valence-electron chi connectivity index (χ1n) is 8.24. The molecule has 1 N–H and O–H groups in total. The molecule has 0 amide bonds. The van der Waals surface area contributed by atoms with Gasteiger partial charge in [-0.05, 0) is 42.9 Å². The number of nitrogens with zero attached hydrogens (tertiary/aromatic N) is 4. The zero-order valence-corrected chi connectivity index (χ0v) is 15.2. The van der Waals surface area contributed by atoms with Gasteiger partial charge in [0.05, 0.1) is 6.20 Å². The number of rotatable bonds is 5. The summed E-state index contributed by atoms with van der Waals surface area (Å²) < 4.78 is 0. The van der Waals surface area contributed by atoms with Crippen LogP contribution in [0.5, 0.6) is 0 Å². The molecule has 7 heteroatoms. The van der Waals surface area contributed by atoms with Gasteiger partial charge < -0.3 is 10.2 Å². The second kappa shape index (κ2) is 7.99. The fourth-order valence-corrected chi connectivity index (χ4v) is 3.27. The molecular formula is C17H21Cl2N5. The third-order valence-electron chi connectivity index (χ3n) is 4.33. The van der Waals surface area contributed by atoms with Crippen molar-refractivity contribution in [1.82, 2.24) is 15.2 Å². The van der Waals surface area contributed by atoms with Crippen molar-refractivity contribution in [3.05, 3.63) is 40.0 Å². The van der Waals surface area contributed by atoms with Crippen molar-refractivity contribution >= 4 is 35.0 Å². The lowest BCUT2D eigenvalue weighted by molar-refractivity contribution is 0.433. The van der Waals surface area contributed by atoms with E-state index in [0.717, 1.165) is 43.4 Å². The van der Waals surface area contributed by atoms with Gasteiger partial charge in [0.2, 0.25) is 5.95 Å². The van der Waals surface area contributed by atoms with Crippen LogP contribution in [-0.4, -0.2) is 34.8 Å². The van der Waals surface area contributed by atoms with Gasteiger partial charge in [-0.3, -0.25) is 0 Å². The van der Waals surface area contributed by atoms with Gasteiger partial charge in [-0.25, -0.2) is 0 Å². The van der Waals surface area contributed by atoms with Gasteiger partial charge in [-0.15, -0.1) is 5.10 Å². The van der Waals surface area contributed by atoms with Crippen LogP contribution in [0, 0.1) is 5.92 Å². The van der Waals surface area contributed by atoms with Crippen molar-refractivity contribution in [1.29, 1.82) is 0 Å². The van der Waals surface area contributed by atoms with E-state index in [9.17, 15) is 0 Å². The molecule has 0 radical (unpaired) electrons. The largest absolute Gasteiger partial charge is 0.368 e. The summed E-state index contributed by atoms with van der Waals surface area (Å²) in [6, 6.07) is 5.56. The van der Waals surface area contributed by atoms with E-state index in [-0.39, 0.29) is 0 Å². The van der Waals surface area contributed by atoms with Gasteiger partial charge in [0, 0.05) is 29.7 Å². The van der Waals surface area contributed by atoms with E-state index in [2.05, 4.69) is 32.3 Å². The summed E-state index contributed by atoms with van der Waals surface area (Å²) >= 11 is 12.1. The number of nitrogens with one attached hydrogen (secondary N) is 1. The van der Waals surface area contributed by atoms with E-state index < -0.39 is 0 Å². The Morgan fingerprint density at radius 1 is 1.25 bits per heavy atom. The first-order valence-corrected chi connectivity index (χ1v) is 9.00. The van der Waals surface area contributed by atoms with Gasteiger partial charge in [-0.1, -0.05) is 36.2 Å². The topological polar surface area (TPSA) is 53.9 Å². The zero-order valence-electron chi connectivity index (χ0n) is 13.7. The third-order valence-corrected chi connectivity index (χ3v) is 4.92. The molecule has 1 aromatic carbocycles. The van der Waals surface area contributed by atoms with E-state index in [4.69, 9.17) is 23.2 Å². The molecule has 1 aromatic heterocycles. The highest BCUT2D eigenvalue weighted by Crippen LogP contribution is 2.22. The van der Waals surface area contributed by atoms with Crippen molar-refractivity contribution in [2.75, 3.05) is 29.9 Å². The Labute approximate surface area is 152 Å². The van der Waals surface area contributed by atoms with Crippen molar-refractivity contribution < 1.29 is 0 Å². The summed E-state index contributed by atoms with van der Waals surface area (Å²) in [5.74, 6) is 2.22. The lowest BCUT2D eigenvalue weighted by Crippen LogP contribution is -2.34. The molecule has 0 spiro atoms. The van der Waals surface area contributed by atoms with Crippen molar-refractivity contribution in [2.45, 2.75) is 26.2 Å². The molecule has 1 aliphatic heterocycles. The molecule has 0 unspecified atom stereocenters. The number of benzene rings is 1. The highest BCUT2D eigenvalue weighted by Gasteiger charge is 2.18. The minimum Gasteiger partial charge on any atom is -0.368 e. The molecule has 3 rings (SSSR count). The number of hydrogen-bond donors (Lipinski definition) is 1. The van der Waals surface area contributed by atoms with Crippen LogP contribution in [-0.2, 0) is 6.42 Å². The second-order valence-electron chi connectivity index (χ2n) is 6.22. The Balaban J connectivity index is 1.56. The number of piperidine rings is 1. The Bertz CT molecular complexity index is 686. The molecule has 1 fully saturated rings. The molecule has 2 heterocycles. The lowest BCUT2D eigenvalue weighted by atomic mass is 10.00. The Morgan fingerprint density at radius 2 is 2.04 bits per heavy atom. The Morgan fingerprint density at radius 3 is 2.79 bits per heavy atom. The van der Waals surface area contributed by atoms with Crippen LogP contribution in [0.15, 0.2) is 24.4 Å². The Kier molecular flexibility index (Phi) is 5.74. The van der Waals surface area contributed by atoms with Gasteiger partial charge in [0.25, 0.3) is 0 Å². The average molecular weight is 366 g/mol. The fraction of sp³-hybridized carbons (Fsp3) is 0.471. The summed E-state index contributed by atoms with van der Waals surface area (Å²) in [5.41, 5.74) is 1.06. The van der Waals surface area contributed by atoms with E-state index in [0.29, 0.717) is 16.0 Å². The van der Waals surface area contributed by atoms with E-state index in [1.54, 1.807) is 12.3 Å². The van der Waals surface area contributed by atoms with Crippen LogP contribution in [0.25, 0.3) is 0 Å². The zero-order chi connectivity index (χ0) is 16.9. The first-order chi connectivity index (χ1) is 11.6. The second-order valence-corrected chi connectivity index (χ2v) is 7.07. The number of anilines is 2. The lowest BCUT2D eigenvalue weighted by Gasteiger charge is -2.29. The van der Waals surface area contributed by atoms with Crippen LogP contribution < -0.4 is 10.2 Å². The van der Waals surface area contributed by atoms with Crippen molar-refractivity contribution in [3.8, 4) is 0 Å². The van der Waals surface area contributed by atoms with Crippen LogP contribution in [0.3, 0.4) is 0 Å². The van der Waals surface area contributed by atoms with E-state index in [1.165, 1.54) is 12.8 Å². The maximum atomic E-state index is 6.19. The summed E-state index contributed by atoms with van der Waals surface area (Å²) in [5, 5.41) is 12.9. The molecule has 24 heavy (non-hydrogen) atoms. The standard InChI is InChI=1S/C17H21Cl2N5/c1-12-5-8-24(9-6-12)17-22-16(11-21-23-17)20-7-4-13-2-3-14(18)10-15(13)19/h2-3,10-12H,4-9H2,1H3,(H,20,22,23). The number of halogens is 2. The minimum absolute atomic E-state index is 0.650. The Hall–Kier alpha value is -1.59. The van der Waals surface area contributed by atoms with Crippen LogP contribution >= 0.6 is 23.2 Å². The number of aromatic nitrogens is 3. The molecule has 0 saturated carbocycles. The molecule has 0 aliphatic carbocycles. The molecule has 0 atom stereocenters.